The summed E-state index contributed by atoms with van der Waals surface area (Å²) in [5.74, 6) is 0.720. The van der Waals surface area contributed by atoms with E-state index in [0.717, 1.165) is 19.0 Å². The Morgan fingerprint density at radius 2 is 2.08 bits per heavy atom. The Labute approximate surface area is 82.4 Å². The average molecular weight is 203 g/mol. The van der Waals surface area contributed by atoms with Crippen molar-refractivity contribution < 1.29 is 3.98 Å². The zero-order valence-electron chi connectivity index (χ0n) is 7.21. The minimum Gasteiger partial charge on any atom is -0.316 e. The van der Waals surface area contributed by atoms with Crippen molar-refractivity contribution in [1.29, 1.82) is 0 Å². The Morgan fingerprint density at radius 1 is 1.38 bits per heavy atom. The molecule has 1 saturated heterocycles. The highest BCUT2D eigenvalue weighted by molar-refractivity contribution is 6.06. The normalized spacial score (nSPS) is 20.6. The van der Waals surface area contributed by atoms with Crippen LogP contribution in [-0.4, -0.2) is 18.1 Å². The molecule has 0 spiro atoms. The van der Waals surface area contributed by atoms with E-state index in [1.165, 1.54) is 12.0 Å². The summed E-state index contributed by atoms with van der Waals surface area (Å²) in [6.45, 7) is 2.29. The van der Waals surface area contributed by atoms with Gasteiger partial charge in [-0.25, -0.2) is 0 Å². The molecular weight excluding hydrogens is 191 g/mol. The van der Waals surface area contributed by atoms with E-state index in [9.17, 15) is 0 Å². The number of hydrogen-bond donors (Lipinski definition) is 1. The molecule has 2 rings (SSSR count). The van der Waals surface area contributed by atoms with Crippen molar-refractivity contribution in [2.45, 2.75) is 12.3 Å². The van der Waals surface area contributed by atoms with E-state index in [0.29, 0.717) is 0 Å². The number of hydrogen-bond acceptors (Lipinski definition) is 2. The molecular formula is C9H12ClFN2. The molecule has 0 aromatic carbocycles. The summed E-state index contributed by atoms with van der Waals surface area (Å²) in [5.41, 5.74) is 1.42. The van der Waals surface area contributed by atoms with Crippen molar-refractivity contribution in [3.63, 3.8) is 0 Å². The third-order valence-corrected chi connectivity index (χ3v) is 2.24. The molecule has 2 nitrogen and oxygen atoms in total. The van der Waals surface area contributed by atoms with Crippen LogP contribution in [0.1, 0.15) is 17.9 Å². The van der Waals surface area contributed by atoms with Gasteiger partial charge in [0.25, 0.3) is 0 Å². The monoisotopic (exact) mass is 202 g/mol. The first kappa shape index (κ1) is 10.4. The largest absolute Gasteiger partial charge is 0.316 e. The van der Waals surface area contributed by atoms with Gasteiger partial charge in [-0.1, -0.05) is 0 Å². The lowest BCUT2D eigenvalue weighted by Crippen LogP contribution is -2.07. The molecule has 1 aromatic heterocycles. The first-order valence-corrected chi connectivity index (χ1v) is 4.50. The molecule has 1 aromatic rings. The highest BCUT2D eigenvalue weighted by Gasteiger charge is 2.15. The van der Waals surface area contributed by atoms with Crippen LogP contribution in [0.25, 0.3) is 0 Å². The zero-order chi connectivity index (χ0) is 9.52. The quantitative estimate of drug-likeness (QED) is 0.756. The van der Waals surface area contributed by atoms with Gasteiger partial charge in [-0.3, -0.25) is 4.98 Å². The maximum Gasteiger partial charge on any atom is 0.116 e. The van der Waals surface area contributed by atoms with Crippen LogP contribution in [0.4, 0.5) is 3.98 Å². The predicted octanol–water partition coefficient (Wildman–Crippen LogP) is 2.27. The minimum atomic E-state index is 0.720. The van der Waals surface area contributed by atoms with Crippen molar-refractivity contribution in [3.05, 3.63) is 30.1 Å². The topological polar surface area (TPSA) is 24.9 Å². The van der Waals surface area contributed by atoms with Gasteiger partial charge in [-0.15, -0.1) is 3.98 Å². The maximum atomic E-state index is 8.97. The number of aromatic nitrogens is 1. The van der Waals surface area contributed by atoms with Crippen LogP contribution >= 0.6 is 12.0 Å². The molecule has 72 valence electrons. The van der Waals surface area contributed by atoms with E-state index >= 15 is 0 Å². The second-order valence-corrected chi connectivity index (χ2v) is 2.97. The van der Waals surface area contributed by atoms with Crippen molar-refractivity contribution >= 4 is 12.0 Å². The minimum absolute atomic E-state index is 0.720. The molecule has 0 bridgehead atoms. The molecule has 0 radical (unpaired) electrons. The SMILES string of the molecule is FCl.c1cc(C2CCNC2)ccn1. The van der Waals surface area contributed by atoms with Crippen LogP contribution in [0.5, 0.6) is 0 Å². The molecule has 1 aliphatic rings. The summed E-state index contributed by atoms with van der Waals surface area (Å²) < 4.78 is 8.97. The molecule has 0 amide bonds. The van der Waals surface area contributed by atoms with E-state index < -0.39 is 0 Å². The molecule has 0 aliphatic carbocycles. The second-order valence-electron chi connectivity index (χ2n) is 2.97. The predicted molar refractivity (Wildman–Crippen MR) is 51.4 cm³/mol. The molecule has 1 N–H and O–H groups in total. The van der Waals surface area contributed by atoms with Gasteiger partial charge in [0.15, 0.2) is 0 Å². The van der Waals surface area contributed by atoms with E-state index in [4.69, 9.17) is 3.98 Å². The molecule has 1 fully saturated rings. The summed E-state index contributed by atoms with van der Waals surface area (Å²) in [6.07, 6.45) is 5.01. The molecule has 1 unspecified atom stereocenters. The highest BCUT2D eigenvalue weighted by Crippen LogP contribution is 2.20. The fourth-order valence-corrected chi connectivity index (χ4v) is 1.57. The fraction of sp³-hybridized carbons (Fsp3) is 0.444. The molecule has 1 aliphatic heterocycles. The van der Waals surface area contributed by atoms with Gasteiger partial charge in [-0.05, 0) is 36.6 Å². The summed E-state index contributed by atoms with van der Waals surface area (Å²) in [7, 11) is 0. The third kappa shape index (κ3) is 2.94. The second kappa shape index (κ2) is 5.89. The Kier molecular flexibility index (Phi) is 4.72. The summed E-state index contributed by atoms with van der Waals surface area (Å²) in [6, 6.07) is 4.22. The van der Waals surface area contributed by atoms with Gasteiger partial charge in [0.2, 0.25) is 0 Å². The standard InChI is InChI=1S/C9H12N2.ClF/c1-4-10-5-2-8(1)9-3-6-11-7-9;1-2/h1-2,4-5,9,11H,3,6-7H2;. The van der Waals surface area contributed by atoms with Crippen LogP contribution in [0, 0.1) is 0 Å². The molecule has 4 heteroatoms. The summed E-state index contributed by atoms with van der Waals surface area (Å²) in [4.78, 5) is 4.00. The van der Waals surface area contributed by atoms with E-state index in [1.807, 2.05) is 12.4 Å². The Balaban J connectivity index is 0.000000396. The van der Waals surface area contributed by atoms with Gasteiger partial charge in [-0.2, -0.15) is 0 Å². The van der Waals surface area contributed by atoms with Gasteiger partial charge < -0.3 is 5.32 Å². The van der Waals surface area contributed by atoms with Crippen molar-refractivity contribution in [3.8, 4) is 0 Å². The fourth-order valence-electron chi connectivity index (χ4n) is 1.57. The Bertz CT molecular complexity index is 224. The number of halogens is 2. The zero-order valence-corrected chi connectivity index (χ0v) is 7.97. The lowest BCUT2D eigenvalue weighted by molar-refractivity contribution is 0.761. The van der Waals surface area contributed by atoms with E-state index in [2.05, 4.69) is 34.4 Å². The number of rotatable bonds is 1. The van der Waals surface area contributed by atoms with E-state index in [-0.39, 0.29) is 0 Å². The van der Waals surface area contributed by atoms with Gasteiger partial charge in [0.05, 0.1) is 0 Å². The van der Waals surface area contributed by atoms with Gasteiger partial charge >= 0.3 is 0 Å². The van der Waals surface area contributed by atoms with Crippen molar-refractivity contribution in [1.82, 2.24) is 10.3 Å². The summed E-state index contributed by atoms with van der Waals surface area (Å²) in [5, 5.41) is 3.35. The van der Waals surface area contributed by atoms with Gasteiger partial charge in [0, 0.05) is 18.9 Å². The maximum absolute atomic E-state index is 8.97. The van der Waals surface area contributed by atoms with Crippen LogP contribution in [0.15, 0.2) is 24.5 Å². The number of nitrogens with one attached hydrogen (secondary N) is 1. The number of pyridine rings is 1. The van der Waals surface area contributed by atoms with E-state index in [1.54, 1.807) is 0 Å². The first-order valence-electron chi connectivity index (χ1n) is 4.22. The van der Waals surface area contributed by atoms with Crippen LogP contribution in [0.3, 0.4) is 0 Å². The van der Waals surface area contributed by atoms with Crippen LogP contribution in [0.2, 0.25) is 0 Å². The van der Waals surface area contributed by atoms with Crippen LogP contribution in [-0.2, 0) is 0 Å². The molecule has 0 saturated carbocycles. The third-order valence-electron chi connectivity index (χ3n) is 2.24. The lowest BCUT2D eigenvalue weighted by atomic mass is 10.0. The molecule has 1 atom stereocenters. The van der Waals surface area contributed by atoms with Crippen LogP contribution < -0.4 is 5.32 Å². The van der Waals surface area contributed by atoms with Crippen molar-refractivity contribution in [2.24, 2.45) is 0 Å². The average Bonchev–Trinajstić information content (AvgIpc) is 2.75. The molecule has 2 heterocycles. The molecule has 13 heavy (non-hydrogen) atoms. The Hall–Kier alpha value is -0.670. The number of nitrogens with zero attached hydrogens (tertiary/aromatic N) is 1. The lowest BCUT2D eigenvalue weighted by Gasteiger charge is -2.06. The summed E-state index contributed by atoms with van der Waals surface area (Å²) >= 11 is 3.14. The van der Waals surface area contributed by atoms with Gasteiger partial charge in [0.1, 0.15) is 12.0 Å². The highest BCUT2D eigenvalue weighted by atomic mass is 35.5. The first-order chi connectivity index (χ1) is 6.47. The smallest absolute Gasteiger partial charge is 0.116 e. The van der Waals surface area contributed by atoms with Crippen molar-refractivity contribution in [2.75, 3.05) is 13.1 Å². The Morgan fingerprint density at radius 3 is 2.62 bits per heavy atom.